The Labute approximate surface area is 95.8 Å². The van der Waals surface area contributed by atoms with Crippen molar-refractivity contribution < 1.29 is 9.90 Å². The highest BCUT2D eigenvalue weighted by atomic mass is 32.1. The number of carboxylic acids is 1. The number of thiazole rings is 1. The molecule has 0 saturated carbocycles. The van der Waals surface area contributed by atoms with E-state index >= 15 is 0 Å². The average Bonchev–Trinajstić information content (AvgIpc) is 2.79. The van der Waals surface area contributed by atoms with E-state index in [1.54, 1.807) is 6.20 Å². The first-order valence-corrected chi connectivity index (χ1v) is 5.45. The topological polar surface area (TPSA) is 75.1 Å². The van der Waals surface area contributed by atoms with E-state index in [4.69, 9.17) is 5.11 Å². The van der Waals surface area contributed by atoms with Crippen LogP contribution in [0.25, 0.3) is 0 Å². The minimum Gasteiger partial charge on any atom is -0.478 e. The van der Waals surface area contributed by atoms with Gasteiger partial charge < -0.3 is 10.4 Å². The van der Waals surface area contributed by atoms with Crippen LogP contribution in [-0.2, 0) is 6.54 Å². The number of nitrogens with zero attached hydrogens (tertiary/aromatic N) is 2. The van der Waals surface area contributed by atoms with Crippen LogP contribution in [0.3, 0.4) is 0 Å². The predicted octanol–water partition coefficient (Wildman–Crippen LogP) is 1.85. The van der Waals surface area contributed by atoms with E-state index in [0.29, 0.717) is 12.4 Å². The lowest BCUT2D eigenvalue weighted by atomic mass is 10.2. The molecule has 2 N–H and O–H groups in total. The third kappa shape index (κ3) is 2.54. The number of carbonyl (C=O) groups is 1. The maximum Gasteiger partial charge on any atom is 0.335 e. The molecule has 0 radical (unpaired) electrons. The molecule has 6 heteroatoms. The second-order valence-electron chi connectivity index (χ2n) is 3.01. The van der Waals surface area contributed by atoms with E-state index in [-0.39, 0.29) is 5.56 Å². The van der Waals surface area contributed by atoms with Crippen molar-refractivity contribution in [2.45, 2.75) is 6.54 Å². The van der Waals surface area contributed by atoms with Crippen molar-refractivity contribution in [1.29, 1.82) is 0 Å². The quantitative estimate of drug-likeness (QED) is 0.845. The molecule has 2 aromatic heterocycles. The summed E-state index contributed by atoms with van der Waals surface area (Å²) in [5.41, 5.74) is 0.219. The third-order valence-electron chi connectivity index (χ3n) is 1.91. The highest BCUT2D eigenvalue weighted by Gasteiger charge is 2.04. The number of anilines is 1. The number of hydrogen-bond donors (Lipinski definition) is 2. The van der Waals surface area contributed by atoms with E-state index in [0.717, 1.165) is 5.01 Å². The fraction of sp³-hybridized carbons (Fsp3) is 0.100. The van der Waals surface area contributed by atoms with Gasteiger partial charge in [-0.05, 0) is 12.1 Å². The van der Waals surface area contributed by atoms with Gasteiger partial charge in [-0.1, -0.05) is 0 Å². The molecule has 5 nitrogen and oxygen atoms in total. The van der Waals surface area contributed by atoms with Gasteiger partial charge in [0.1, 0.15) is 10.8 Å². The molecule has 0 aliphatic rings. The van der Waals surface area contributed by atoms with Gasteiger partial charge in [0, 0.05) is 17.8 Å². The van der Waals surface area contributed by atoms with Crippen LogP contribution in [0.2, 0.25) is 0 Å². The van der Waals surface area contributed by atoms with Crippen LogP contribution in [0.5, 0.6) is 0 Å². The van der Waals surface area contributed by atoms with Crippen molar-refractivity contribution in [3.63, 3.8) is 0 Å². The van der Waals surface area contributed by atoms with Crippen molar-refractivity contribution in [1.82, 2.24) is 9.97 Å². The zero-order chi connectivity index (χ0) is 11.4. The van der Waals surface area contributed by atoms with Crippen LogP contribution in [-0.4, -0.2) is 21.0 Å². The van der Waals surface area contributed by atoms with Crippen LogP contribution in [0, 0.1) is 0 Å². The number of pyridine rings is 1. The molecule has 2 aromatic rings. The Morgan fingerprint density at radius 2 is 2.31 bits per heavy atom. The number of nitrogens with one attached hydrogen (secondary N) is 1. The summed E-state index contributed by atoms with van der Waals surface area (Å²) in [6.07, 6.45) is 3.19. The van der Waals surface area contributed by atoms with Crippen molar-refractivity contribution in [2.75, 3.05) is 5.32 Å². The summed E-state index contributed by atoms with van der Waals surface area (Å²) in [6.45, 7) is 0.549. The lowest BCUT2D eigenvalue weighted by Gasteiger charge is -2.03. The highest BCUT2D eigenvalue weighted by Crippen LogP contribution is 2.10. The van der Waals surface area contributed by atoms with Gasteiger partial charge >= 0.3 is 5.97 Å². The number of carboxylic acid groups (broad SMARTS) is 1. The van der Waals surface area contributed by atoms with E-state index in [1.807, 2.05) is 5.38 Å². The van der Waals surface area contributed by atoms with Crippen molar-refractivity contribution in [2.24, 2.45) is 0 Å². The van der Waals surface area contributed by atoms with E-state index in [1.165, 1.54) is 29.7 Å². The molecule has 2 heterocycles. The smallest absolute Gasteiger partial charge is 0.335 e. The van der Waals surface area contributed by atoms with Crippen LogP contribution in [0.4, 0.5) is 5.82 Å². The van der Waals surface area contributed by atoms with Crippen molar-refractivity contribution in [3.8, 4) is 0 Å². The largest absolute Gasteiger partial charge is 0.478 e. The Balaban J connectivity index is 2.04. The second kappa shape index (κ2) is 4.71. The number of hydrogen-bond acceptors (Lipinski definition) is 5. The molecule has 0 amide bonds. The molecule has 82 valence electrons. The predicted molar refractivity (Wildman–Crippen MR) is 60.6 cm³/mol. The van der Waals surface area contributed by atoms with Gasteiger partial charge in [-0.25, -0.2) is 14.8 Å². The molecule has 0 fully saturated rings. The lowest BCUT2D eigenvalue weighted by Crippen LogP contribution is -2.03. The van der Waals surface area contributed by atoms with Gasteiger partial charge in [-0.15, -0.1) is 11.3 Å². The summed E-state index contributed by atoms with van der Waals surface area (Å²) in [5.74, 6) is -0.421. The van der Waals surface area contributed by atoms with E-state index in [2.05, 4.69) is 15.3 Å². The van der Waals surface area contributed by atoms with Gasteiger partial charge in [0.25, 0.3) is 0 Å². The molecule has 0 bridgehead atoms. The average molecular weight is 235 g/mol. The molecule has 16 heavy (non-hydrogen) atoms. The first-order valence-electron chi connectivity index (χ1n) is 4.57. The van der Waals surface area contributed by atoms with Gasteiger partial charge in [0.05, 0.1) is 12.1 Å². The molecule has 0 aliphatic heterocycles. The van der Waals surface area contributed by atoms with Gasteiger partial charge in [0.2, 0.25) is 0 Å². The minimum atomic E-state index is -0.959. The maximum atomic E-state index is 10.7. The molecule has 0 spiro atoms. The fourth-order valence-corrected chi connectivity index (χ4v) is 1.72. The summed E-state index contributed by atoms with van der Waals surface area (Å²) in [6, 6.07) is 2.95. The summed E-state index contributed by atoms with van der Waals surface area (Å²) in [4.78, 5) is 18.8. The standard InChI is InChI=1S/C10H9N3O2S/c14-10(15)7-1-2-11-8(5-7)13-6-9-12-3-4-16-9/h1-5H,6H2,(H,11,13)(H,14,15). The summed E-state index contributed by atoms with van der Waals surface area (Å²) >= 11 is 1.53. The normalized spacial score (nSPS) is 10.0. The van der Waals surface area contributed by atoms with Crippen LogP contribution in [0.15, 0.2) is 29.9 Å². The SMILES string of the molecule is O=C(O)c1ccnc(NCc2nccs2)c1. The van der Waals surface area contributed by atoms with Crippen LogP contribution >= 0.6 is 11.3 Å². The molecule has 0 aliphatic carbocycles. The number of aromatic nitrogens is 2. The van der Waals surface area contributed by atoms with Crippen LogP contribution in [0.1, 0.15) is 15.4 Å². The first-order chi connectivity index (χ1) is 7.75. The monoisotopic (exact) mass is 235 g/mol. The molecule has 0 unspecified atom stereocenters. The summed E-state index contributed by atoms with van der Waals surface area (Å²) < 4.78 is 0. The second-order valence-corrected chi connectivity index (χ2v) is 3.99. The van der Waals surface area contributed by atoms with Gasteiger partial charge in [-0.3, -0.25) is 0 Å². The minimum absolute atomic E-state index is 0.219. The fourth-order valence-electron chi connectivity index (χ4n) is 1.17. The van der Waals surface area contributed by atoms with E-state index < -0.39 is 5.97 Å². The molecule has 0 aromatic carbocycles. The van der Waals surface area contributed by atoms with Crippen molar-refractivity contribution >= 4 is 23.1 Å². The number of rotatable bonds is 4. The number of aromatic carboxylic acids is 1. The highest BCUT2D eigenvalue weighted by molar-refractivity contribution is 7.09. The van der Waals surface area contributed by atoms with Gasteiger partial charge in [0.15, 0.2) is 0 Å². The Hall–Kier alpha value is -1.95. The molecular weight excluding hydrogens is 226 g/mol. The zero-order valence-electron chi connectivity index (χ0n) is 8.25. The molecule has 2 rings (SSSR count). The molecule has 0 saturated heterocycles. The Kier molecular flexibility index (Phi) is 3.11. The summed E-state index contributed by atoms with van der Waals surface area (Å²) in [5, 5.41) is 14.6. The first kappa shape index (κ1) is 10.6. The van der Waals surface area contributed by atoms with Crippen molar-refractivity contribution in [3.05, 3.63) is 40.5 Å². The Morgan fingerprint density at radius 3 is 3.00 bits per heavy atom. The summed E-state index contributed by atoms with van der Waals surface area (Å²) in [7, 11) is 0. The zero-order valence-corrected chi connectivity index (χ0v) is 9.07. The van der Waals surface area contributed by atoms with Gasteiger partial charge in [-0.2, -0.15) is 0 Å². The van der Waals surface area contributed by atoms with E-state index in [9.17, 15) is 4.79 Å². The lowest BCUT2D eigenvalue weighted by molar-refractivity contribution is 0.0697. The third-order valence-corrected chi connectivity index (χ3v) is 2.69. The Bertz CT molecular complexity index is 485. The maximum absolute atomic E-state index is 10.7. The Morgan fingerprint density at radius 1 is 1.44 bits per heavy atom. The molecular formula is C10H9N3O2S. The van der Waals surface area contributed by atoms with Crippen LogP contribution < -0.4 is 5.32 Å². The molecule has 0 atom stereocenters.